The molecular weight excluding hydrogens is 243 g/mol. The Morgan fingerprint density at radius 3 is 2.37 bits per heavy atom. The predicted molar refractivity (Wildman–Crippen MR) is 75.5 cm³/mol. The Balaban J connectivity index is 0.000000861. The van der Waals surface area contributed by atoms with Gasteiger partial charge in [0.15, 0.2) is 0 Å². The van der Waals surface area contributed by atoms with E-state index in [9.17, 15) is 4.39 Å². The van der Waals surface area contributed by atoms with Crippen molar-refractivity contribution in [2.24, 2.45) is 5.73 Å². The molecule has 0 radical (unpaired) electrons. The van der Waals surface area contributed by atoms with Crippen molar-refractivity contribution in [3.05, 3.63) is 54.4 Å². The molecule has 0 aliphatic carbocycles. The first kappa shape index (κ1) is 15.3. The molecule has 0 fully saturated rings. The first-order valence-electron chi connectivity index (χ1n) is 6.05. The molecule has 1 heterocycles. The van der Waals surface area contributed by atoms with Gasteiger partial charge in [0.2, 0.25) is 0 Å². The van der Waals surface area contributed by atoms with Crippen molar-refractivity contribution >= 4 is 0 Å². The number of aliphatic hydroxyl groups is 1. The van der Waals surface area contributed by atoms with Gasteiger partial charge < -0.3 is 10.8 Å². The lowest BCUT2D eigenvalue weighted by Crippen LogP contribution is -2.24. The molecule has 0 saturated carbocycles. The highest BCUT2D eigenvalue weighted by atomic mass is 19.1. The lowest BCUT2D eigenvalue weighted by molar-refractivity contribution is 0.399. The van der Waals surface area contributed by atoms with Gasteiger partial charge in [0, 0.05) is 25.5 Å². The molecule has 0 saturated heterocycles. The molecule has 0 aliphatic rings. The van der Waals surface area contributed by atoms with E-state index in [1.807, 2.05) is 42.6 Å². The second-order valence-corrected chi connectivity index (χ2v) is 4.06. The summed E-state index contributed by atoms with van der Waals surface area (Å²) in [5.74, 6) is 0. The van der Waals surface area contributed by atoms with Crippen molar-refractivity contribution in [1.82, 2.24) is 4.98 Å². The summed E-state index contributed by atoms with van der Waals surface area (Å²) in [6, 6.07) is 11.5. The summed E-state index contributed by atoms with van der Waals surface area (Å²) in [5, 5.41) is 7.00. The maximum absolute atomic E-state index is 12.3. The van der Waals surface area contributed by atoms with E-state index in [-0.39, 0.29) is 0 Å². The smallest absolute Gasteiger partial charge is 0.105 e. The van der Waals surface area contributed by atoms with Gasteiger partial charge in [-0.05, 0) is 29.2 Å². The maximum Gasteiger partial charge on any atom is 0.105 e. The normalized spacial score (nSPS) is 11.4. The summed E-state index contributed by atoms with van der Waals surface area (Å²) < 4.78 is 12.3. The van der Waals surface area contributed by atoms with E-state index in [1.165, 1.54) is 0 Å². The van der Waals surface area contributed by atoms with Gasteiger partial charge in [0.1, 0.15) is 6.67 Å². The van der Waals surface area contributed by atoms with Crippen LogP contribution in [0.4, 0.5) is 4.39 Å². The van der Waals surface area contributed by atoms with Crippen LogP contribution in [0.3, 0.4) is 0 Å². The zero-order valence-corrected chi connectivity index (χ0v) is 11.0. The Bertz CT molecular complexity index is 459. The molecule has 3 nitrogen and oxygen atoms in total. The van der Waals surface area contributed by atoms with Crippen molar-refractivity contribution in [2.75, 3.05) is 13.8 Å². The fraction of sp³-hybridized carbons (Fsp3) is 0.267. The number of nitrogens with two attached hydrogens (primary N) is 1. The van der Waals surface area contributed by atoms with E-state index in [0.29, 0.717) is 6.42 Å². The number of benzene rings is 1. The van der Waals surface area contributed by atoms with E-state index in [4.69, 9.17) is 10.8 Å². The van der Waals surface area contributed by atoms with E-state index < -0.39 is 12.7 Å². The lowest BCUT2D eigenvalue weighted by Gasteiger charge is -2.07. The number of hydrogen-bond donors (Lipinski definition) is 2. The summed E-state index contributed by atoms with van der Waals surface area (Å²) in [7, 11) is 1.00. The van der Waals surface area contributed by atoms with Crippen LogP contribution in [0.25, 0.3) is 11.1 Å². The minimum absolute atomic E-state index is 0.403. The highest BCUT2D eigenvalue weighted by Gasteiger charge is 2.03. The molecule has 0 aliphatic heterocycles. The number of rotatable bonds is 4. The van der Waals surface area contributed by atoms with Gasteiger partial charge >= 0.3 is 0 Å². The fourth-order valence-corrected chi connectivity index (χ4v) is 1.72. The number of aliphatic hydroxyl groups excluding tert-OH is 1. The minimum atomic E-state index is -0.482. The molecule has 1 aromatic heterocycles. The van der Waals surface area contributed by atoms with Crippen LogP contribution in [0.15, 0.2) is 48.8 Å². The quantitative estimate of drug-likeness (QED) is 0.888. The Morgan fingerprint density at radius 1 is 1.16 bits per heavy atom. The van der Waals surface area contributed by atoms with E-state index in [0.717, 1.165) is 23.8 Å². The highest BCUT2D eigenvalue weighted by Crippen LogP contribution is 2.18. The largest absolute Gasteiger partial charge is 0.400 e. The van der Waals surface area contributed by atoms with Gasteiger partial charge in [0.05, 0.1) is 0 Å². The monoisotopic (exact) mass is 262 g/mol. The lowest BCUT2D eigenvalue weighted by atomic mass is 10.0. The maximum atomic E-state index is 12.3. The van der Waals surface area contributed by atoms with Crippen molar-refractivity contribution in [2.45, 2.75) is 12.5 Å². The summed E-state index contributed by atoms with van der Waals surface area (Å²) >= 11 is 0. The molecule has 1 unspecified atom stereocenters. The van der Waals surface area contributed by atoms with Gasteiger partial charge in [-0.3, -0.25) is 4.98 Å². The van der Waals surface area contributed by atoms with E-state index in [2.05, 4.69) is 4.98 Å². The Kier molecular flexibility index (Phi) is 6.71. The van der Waals surface area contributed by atoms with Gasteiger partial charge in [0.25, 0.3) is 0 Å². The first-order chi connectivity index (χ1) is 9.29. The Labute approximate surface area is 112 Å². The third kappa shape index (κ3) is 4.77. The molecule has 102 valence electrons. The molecule has 0 bridgehead atoms. The topological polar surface area (TPSA) is 59.1 Å². The molecule has 19 heavy (non-hydrogen) atoms. The summed E-state index contributed by atoms with van der Waals surface area (Å²) in [5.41, 5.74) is 8.81. The SMILES string of the molecule is CO.NC(CF)Cc1ccc(-c2cccnc2)cc1. The molecule has 2 rings (SSSR count). The summed E-state index contributed by atoms with van der Waals surface area (Å²) in [6.45, 7) is -0.482. The number of alkyl halides is 1. The second kappa shape index (κ2) is 8.34. The number of aromatic nitrogens is 1. The average molecular weight is 262 g/mol. The molecule has 4 heteroatoms. The fourth-order valence-electron chi connectivity index (χ4n) is 1.72. The molecule has 1 aromatic carbocycles. The van der Waals surface area contributed by atoms with Gasteiger partial charge in [-0.2, -0.15) is 0 Å². The van der Waals surface area contributed by atoms with Crippen LogP contribution < -0.4 is 5.73 Å². The van der Waals surface area contributed by atoms with Crippen LogP contribution in [-0.2, 0) is 6.42 Å². The zero-order chi connectivity index (χ0) is 14.1. The molecule has 3 N–H and O–H groups in total. The standard InChI is InChI=1S/C14H15FN2.CH4O/c15-9-14(16)8-11-3-5-12(6-4-11)13-2-1-7-17-10-13;1-2/h1-7,10,14H,8-9,16H2;2H,1H3. The third-order valence-electron chi connectivity index (χ3n) is 2.64. The third-order valence-corrected chi connectivity index (χ3v) is 2.64. The molecule has 2 aromatic rings. The molecule has 1 atom stereocenters. The van der Waals surface area contributed by atoms with Crippen molar-refractivity contribution in [3.63, 3.8) is 0 Å². The Hall–Kier alpha value is -1.78. The van der Waals surface area contributed by atoms with Gasteiger partial charge in [-0.25, -0.2) is 4.39 Å². The van der Waals surface area contributed by atoms with Gasteiger partial charge in [-0.15, -0.1) is 0 Å². The molecule has 0 spiro atoms. The van der Waals surface area contributed by atoms with Crippen LogP contribution in [0.5, 0.6) is 0 Å². The van der Waals surface area contributed by atoms with Gasteiger partial charge in [-0.1, -0.05) is 30.3 Å². The number of pyridine rings is 1. The Morgan fingerprint density at radius 2 is 1.84 bits per heavy atom. The average Bonchev–Trinajstić information content (AvgIpc) is 2.51. The van der Waals surface area contributed by atoms with Crippen molar-refractivity contribution in [1.29, 1.82) is 0 Å². The van der Waals surface area contributed by atoms with Crippen molar-refractivity contribution in [3.8, 4) is 11.1 Å². The second-order valence-electron chi connectivity index (χ2n) is 4.06. The summed E-state index contributed by atoms with van der Waals surface area (Å²) in [6.07, 6.45) is 4.14. The van der Waals surface area contributed by atoms with E-state index >= 15 is 0 Å². The van der Waals surface area contributed by atoms with Crippen LogP contribution in [0.2, 0.25) is 0 Å². The molecule has 0 amide bonds. The number of nitrogens with zero attached hydrogens (tertiary/aromatic N) is 1. The molecular formula is C15H19FN2O. The predicted octanol–water partition coefficient (Wildman–Crippen LogP) is 2.20. The van der Waals surface area contributed by atoms with Crippen LogP contribution in [-0.4, -0.2) is 29.9 Å². The highest BCUT2D eigenvalue weighted by molar-refractivity contribution is 5.62. The van der Waals surface area contributed by atoms with Crippen LogP contribution >= 0.6 is 0 Å². The number of hydrogen-bond acceptors (Lipinski definition) is 3. The van der Waals surface area contributed by atoms with Crippen molar-refractivity contribution < 1.29 is 9.50 Å². The van der Waals surface area contributed by atoms with Crippen LogP contribution in [0.1, 0.15) is 5.56 Å². The zero-order valence-electron chi connectivity index (χ0n) is 11.0. The summed E-state index contributed by atoms with van der Waals surface area (Å²) in [4.78, 5) is 4.08. The number of halogens is 1. The first-order valence-corrected chi connectivity index (χ1v) is 6.05. The minimum Gasteiger partial charge on any atom is -0.400 e. The van der Waals surface area contributed by atoms with Crippen LogP contribution in [0, 0.1) is 0 Å². The van der Waals surface area contributed by atoms with E-state index in [1.54, 1.807) is 6.20 Å².